The number of hydrogen-bond donors (Lipinski definition) is 0. The molecule has 1 aliphatic heterocycles. The van der Waals surface area contributed by atoms with Crippen LogP contribution in [0.3, 0.4) is 0 Å². The summed E-state index contributed by atoms with van der Waals surface area (Å²) in [6, 6.07) is 27.7. The van der Waals surface area contributed by atoms with Gasteiger partial charge in [0, 0.05) is 26.2 Å². The molecule has 0 N–H and O–H groups in total. The van der Waals surface area contributed by atoms with Crippen LogP contribution in [0.5, 0.6) is 5.75 Å². The summed E-state index contributed by atoms with van der Waals surface area (Å²) in [4.78, 5) is 17.4. The lowest BCUT2D eigenvalue weighted by molar-refractivity contribution is -0.135. The summed E-state index contributed by atoms with van der Waals surface area (Å²) in [7, 11) is 0. The number of carbonyl (C=O) groups is 1. The number of ether oxygens (including phenoxy) is 1. The van der Waals surface area contributed by atoms with Crippen molar-refractivity contribution in [3.8, 4) is 5.75 Å². The maximum absolute atomic E-state index is 12.9. The van der Waals surface area contributed by atoms with E-state index in [1.165, 1.54) is 11.1 Å². The maximum Gasteiger partial charge on any atom is 0.260 e. The molecule has 0 aromatic heterocycles. The SMILES string of the molecule is Cc1ccc(C(C)C)c(OCC(=O)N2CCN(C(c3ccccc3)c3ccccc3)CC2)c1. The normalized spacial score (nSPS) is 14.6. The van der Waals surface area contributed by atoms with E-state index in [-0.39, 0.29) is 18.6 Å². The van der Waals surface area contributed by atoms with Crippen molar-refractivity contribution in [2.75, 3.05) is 32.8 Å². The fourth-order valence-corrected chi connectivity index (χ4v) is 4.59. The number of piperazine rings is 1. The summed E-state index contributed by atoms with van der Waals surface area (Å²) in [6.45, 7) is 9.52. The summed E-state index contributed by atoms with van der Waals surface area (Å²) in [5, 5.41) is 0. The average molecular weight is 443 g/mol. The van der Waals surface area contributed by atoms with Gasteiger partial charge >= 0.3 is 0 Å². The van der Waals surface area contributed by atoms with Crippen molar-refractivity contribution in [1.29, 1.82) is 0 Å². The fourth-order valence-electron chi connectivity index (χ4n) is 4.59. The number of carbonyl (C=O) groups excluding carboxylic acids is 1. The first kappa shape index (κ1) is 23.1. The van der Waals surface area contributed by atoms with E-state index in [0.29, 0.717) is 19.0 Å². The highest BCUT2D eigenvalue weighted by Gasteiger charge is 2.28. The summed E-state index contributed by atoms with van der Waals surface area (Å²) in [5.74, 6) is 1.24. The van der Waals surface area contributed by atoms with Gasteiger partial charge in [-0.05, 0) is 41.2 Å². The van der Waals surface area contributed by atoms with Crippen LogP contribution in [0.1, 0.15) is 48.1 Å². The van der Waals surface area contributed by atoms with Crippen LogP contribution in [-0.2, 0) is 4.79 Å². The molecule has 1 aliphatic rings. The smallest absolute Gasteiger partial charge is 0.260 e. The van der Waals surface area contributed by atoms with Crippen LogP contribution < -0.4 is 4.74 Å². The van der Waals surface area contributed by atoms with Crippen molar-refractivity contribution in [3.05, 3.63) is 101 Å². The molecule has 0 spiro atoms. The molecule has 0 unspecified atom stereocenters. The third-order valence-corrected chi connectivity index (χ3v) is 6.40. The van der Waals surface area contributed by atoms with E-state index in [4.69, 9.17) is 4.74 Å². The number of amides is 1. The molecule has 172 valence electrons. The predicted octanol–water partition coefficient (Wildman–Crippen LogP) is 5.43. The van der Waals surface area contributed by atoms with Crippen LogP contribution in [0, 0.1) is 6.92 Å². The molecular formula is C29H34N2O2. The van der Waals surface area contributed by atoms with Gasteiger partial charge in [-0.15, -0.1) is 0 Å². The Labute approximate surface area is 197 Å². The zero-order valence-electron chi connectivity index (χ0n) is 19.9. The van der Waals surface area contributed by atoms with Gasteiger partial charge in [-0.1, -0.05) is 86.6 Å². The van der Waals surface area contributed by atoms with Crippen molar-refractivity contribution >= 4 is 5.91 Å². The van der Waals surface area contributed by atoms with E-state index in [1.54, 1.807) is 0 Å². The Morgan fingerprint density at radius 1 is 0.848 bits per heavy atom. The van der Waals surface area contributed by atoms with E-state index < -0.39 is 0 Å². The molecule has 4 nitrogen and oxygen atoms in total. The predicted molar refractivity (Wildman–Crippen MR) is 134 cm³/mol. The third-order valence-electron chi connectivity index (χ3n) is 6.40. The molecule has 1 heterocycles. The fraction of sp³-hybridized carbons (Fsp3) is 0.345. The Kier molecular flexibility index (Phi) is 7.46. The zero-order valence-corrected chi connectivity index (χ0v) is 19.9. The molecule has 4 rings (SSSR count). The molecule has 0 radical (unpaired) electrons. The minimum absolute atomic E-state index is 0.0573. The van der Waals surface area contributed by atoms with E-state index in [2.05, 4.69) is 91.5 Å². The second-order valence-corrected chi connectivity index (χ2v) is 9.13. The highest BCUT2D eigenvalue weighted by atomic mass is 16.5. The first-order valence-corrected chi connectivity index (χ1v) is 11.9. The van der Waals surface area contributed by atoms with E-state index in [0.717, 1.165) is 30.0 Å². The van der Waals surface area contributed by atoms with Gasteiger partial charge in [0.05, 0.1) is 6.04 Å². The Balaban J connectivity index is 1.40. The van der Waals surface area contributed by atoms with Crippen LogP contribution in [0.4, 0.5) is 0 Å². The zero-order chi connectivity index (χ0) is 23.2. The molecule has 33 heavy (non-hydrogen) atoms. The van der Waals surface area contributed by atoms with Crippen molar-refractivity contribution in [2.24, 2.45) is 0 Å². The summed E-state index contributed by atoms with van der Waals surface area (Å²) < 4.78 is 6.00. The van der Waals surface area contributed by atoms with Gasteiger partial charge in [-0.3, -0.25) is 9.69 Å². The maximum atomic E-state index is 12.9. The molecule has 3 aromatic carbocycles. The minimum Gasteiger partial charge on any atom is -0.483 e. The molecule has 1 fully saturated rings. The lowest BCUT2D eigenvalue weighted by Gasteiger charge is -2.39. The first-order valence-electron chi connectivity index (χ1n) is 11.9. The van der Waals surface area contributed by atoms with Gasteiger partial charge in [0.15, 0.2) is 6.61 Å². The number of benzene rings is 3. The summed E-state index contributed by atoms with van der Waals surface area (Å²) in [5.41, 5.74) is 4.86. The Bertz CT molecular complexity index is 1000. The number of aryl methyl sites for hydroxylation is 1. The van der Waals surface area contributed by atoms with E-state index in [1.807, 2.05) is 17.9 Å². The lowest BCUT2D eigenvalue weighted by Crippen LogP contribution is -2.51. The van der Waals surface area contributed by atoms with Crippen LogP contribution in [-0.4, -0.2) is 48.5 Å². The van der Waals surface area contributed by atoms with Crippen molar-refractivity contribution < 1.29 is 9.53 Å². The van der Waals surface area contributed by atoms with Crippen LogP contribution >= 0.6 is 0 Å². The molecule has 0 bridgehead atoms. The van der Waals surface area contributed by atoms with E-state index in [9.17, 15) is 4.79 Å². The summed E-state index contributed by atoms with van der Waals surface area (Å²) >= 11 is 0. The standard InChI is InChI=1S/C29H34N2O2/c1-22(2)26-15-14-23(3)20-27(26)33-21-28(32)30-16-18-31(19-17-30)29(24-10-6-4-7-11-24)25-12-8-5-9-13-25/h4-15,20,22,29H,16-19,21H2,1-3H3. The van der Waals surface area contributed by atoms with Crippen molar-refractivity contribution in [2.45, 2.75) is 32.7 Å². The van der Waals surface area contributed by atoms with Gasteiger partial charge in [-0.2, -0.15) is 0 Å². The van der Waals surface area contributed by atoms with Crippen LogP contribution in [0.2, 0.25) is 0 Å². The molecule has 4 heteroatoms. The molecule has 0 atom stereocenters. The molecule has 1 amide bonds. The Morgan fingerprint density at radius 3 is 1.97 bits per heavy atom. The third kappa shape index (κ3) is 5.63. The second kappa shape index (κ2) is 10.7. The first-order chi connectivity index (χ1) is 16.0. The highest BCUT2D eigenvalue weighted by molar-refractivity contribution is 5.78. The number of nitrogens with zero attached hydrogens (tertiary/aromatic N) is 2. The highest BCUT2D eigenvalue weighted by Crippen LogP contribution is 2.30. The second-order valence-electron chi connectivity index (χ2n) is 9.13. The largest absolute Gasteiger partial charge is 0.483 e. The number of hydrogen-bond acceptors (Lipinski definition) is 3. The topological polar surface area (TPSA) is 32.8 Å². The summed E-state index contributed by atoms with van der Waals surface area (Å²) in [6.07, 6.45) is 0. The van der Waals surface area contributed by atoms with Crippen LogP contribution in [0.25, 0.3) is 0 Å². The molecule has 0 saturated carbocycles. The molecular weight excluding hydrogens is 408 g/mol. The molecule has 0 aliphatic carbocycles. The van der Waals surface area contributed by atoms with Crippen molar-refractivity contribution in [1.82, 2.24) is 9.80 Å². The number of rotatable bonds is 7. The Morgan fingerprint density at radius 2 is 1.42 bits per heavy atom. The van der Waals surface area contributed by atoms with Gasteiger partial charge in [0.1, 0.15) is 5.75 Å². The average Bonchev–Trinajstić information content (AvgIpc) is 2.84. The molecule has 1 saturated heterocycles. The van der Waals surface area contributed by atoms with Gasteiger partial charge in [0.25, 0.3) is 5.91 Å². The van der Waals surface area contributed by atoms with E-state index >= 15 is 0 Å². The lowest BCUT2D eigenvalue weighted by atomic mass is 9.96. The van der Waals surface area contributed by atoms with Crippen LogP contribution in [0.15, 0.2) is 78.9 Å². The Hall–Kier alpha value is -3.11. The van der Waals surface area contributed by atoms with Gasteiger partial charge in [0.2, 0.25) is 0 Å². The minimum atomic E-state index is 0.0573. The van der Waals surface area contributed by atoms with Gasteiger partial charge in [-0.25, -0.2) is 0 Å². The molecule has 3 aromatic rings. The monoisotopic (exact) mass is 442 g/mol. The van der Waals surface area contributed by atoms with Crippen molar-refractivity contribution in [3.63, 3.8) is 0 Å². The quantitative estimate of drug-likeness (QED) is 0.489. The van der Waals surface area contributed by atoms with Gasteiger partial charge < -0.3 is 9.64 Å².